The second-order valence-electron chi connectivity index (χ2n) is 7.04. The van der Waals surface area contributed by atoms with Crippen LogP contribution in [0.2, 0.25) is 5.02 Å². The van der Waals surface area contributed by atoms with Crippen LogP contribution in [0.3, 0.4) is 0 Å². The maximum absolute atomic E-state index is 12.1. The van der Waals surface area contributed by atoms with Gasteiger partial charge in [0.15, 0.2) is 0 Å². The summed E-state index contributed by atoms with van der Waals surface area (Å²) >= 11 is 6.30. The van der Waals surface area contributed by atoms with Crippen LogP contribution in [-0.2, 0) is 13.0 Å². The summed E-state index contributed by atoms with van der Waals surface area (Å²) in [6.07, 6.45) is 8.09. The molecular formula is C21H19ClN4O. The summed E-state index contributed by atoms with van der Waals surface area (Å²) in [7, 11) is 0. The van der Waals surface area contributed by atoms with Crippen LogP contribution < -0.4 is 0 Å². The quantitative estimate of drug-likeness (QED) is 0.606. The Morgan fingerprint density at radius 1 is 1.26 bits per heavy atom. The predicted molar refractivity (Wildman–Crippen MR) is 108 cm³/mol. The molecule has 0 N–H and O–H groups in total. The van der Waals surface area contributed by atoms with Crippen LogP contribution in [0.4, 0.5) is 0 Å². The molecule has 27 heavy (non-hydrogen) atoms. The molecule has 2 aromatic heterocycles. The highest BCUT2D eigenvalue weighted by Gasteiger charge is 2.35. The van der Waals surface area contributed by atoms with Gasteiger partial charge in [0.1, 0.15) is 11.4 Å². The molecule has 0 saturated heterocycles. The van der Waals surface area contributed by atoms with Crippen LogP contribution in [-0.4, -0.2) is 20.1 Å². The number of aryl methyl sites for hydroxylation is 1. The van der Waals surface area contributed by atoms with Gasteiger partial charge in [-0.2, -0.15) is 0 Å². The molecule has 0 saturated carbocycles. The third-order valence-corrected chi connectivity index (χ3v) is 5.36. The smallest absolute Gasteiger partial charge is 0.143 e. The molecule has 5 nitrogen and oxygen atoms in total. The van der Waals surface area contributed by atoms with Gasteiger partial charge in [-0.1, -0.05) is 28.9 Å². The van der Waals surface area contributed by atoms with Gasteiger partial charge < -0.3 is 4.57 Å². The van der Waals surface area contributed by atoms with Gasteiger partial charge in [0.05, 0.1) is 12.2 Å². The molecule has 1 aliphatic carbocycles. The first-order valence-corrected chi connectivity index (χ1v) is 9.15. The summed E-state index contributed by atoms with van der Waals surface area (Å²) in [5, 5.41) is 4.20. The van der Waals surface area contributed by atoms with E-state index in [0.29, 0.717) is 18.0 Å². The van der Waals surface area contributed by atoms with Gasteiger partial charge in [0, 0.05) is 30.0 Å². The van der Waals surface area contributed by atoms with Gasteiger partial charge in [-0.25, -0.2) is 4.98 Å². The highest BCUT2D eigenvalue weighted by Crippen LogP contribution is 2.40. The number of pyridine rings is 1. The topological polar surface area (TPSA) is 60.1 Å². The molecule has 2 heterocycles. The SMILES string of the molecule is Cc1nccn1CC(C)(N=O)C1=Cc2cccnc2Cc2ccc(Cl)cc21. The number of nitroso groups, excluding NO2 is 1. The van der Waals surface area contributed by atoms with E-state index >= 15 is 0 Å². The Kier molecular flexibility index (Phi) is 4.40. The van der Waals surface area contributed by atoms with Crippen LogP contribution in [0.5, 0.6) is 0 Å². The standard InChI is InChI=1S/C21H19ClN4O/c1-14-23-8-9-26(14)13-21(2,25-27)19-10-16-4-3-7-24-20(16)11-15-5-6-17(22)12-18(15)19/h3-10,12H,11,13H2,1-2H3. The molecule has 0 spiro atoms. The van der Waals surface area contributed by atoms with Crippen molar-refractivity contribution >= 4 is 23.3 Å². The van der Waals surface area contributed by atoms with Crippen LogP contribution in [0, 0.1) is 11.8 Å². The van der Waals surface area contributed by atoms with Gasteiger partial charge >= 0.3 is 0 Å². The molecule has 0 aliphatic heterocycles. The molecule has 0 fully saturated rings. The molecule has 136 valence electrons. The van der Waals surface area contributed by atoms with Crippen molar-refractivity contribution in [1.82, 2.24) is 14.5 Å². The number of aromatic nitrogens is 3. The number of benzene rings is 1. The first-order valence-electron chi connectivity index (χ1n) is 8.77. The Bertz CT molecular complexity index is 1060. The van der Waals surface area contributed by atoms with E-state index in [9.17, 15) is 4.91 Å². The molecule has 4 rings (SSSR count). The molecule has 1 aliphatic rings. The van der Waals surface area contributed by atoms with Crippen molar-refractivity contribution in [2.24, 2.45) is 5.18 Å². The molecule has 1 atom stereocenters. The first-order chi connectivity index (χ1) is 13.0. The zero-order chi connectivity index (χ0) is 19.0. The van der Waals surface area contributed by atoms with Crippen molar-refractivity contribution in [3.05, 3.63) is 87.1 Å². The number of hydrogen-bond acceptors (Lipinski definition) is 4. The van der Waals surface area contributed by atoms with Crippen molar-refractivity contribution < 1.29 is 0 Å². The van der Waals surface area contributed by atoms with Gasteiger partial charge in [0.2, 0.25) is 0 Å². The van der Waals surface area contributed by atoms with E-state index < -0.39 is 5.54 Å². The summed E-state index contributed by atoms with van der Waals surface area (Å²) in [4.78, 5) is 20.9. The van der Waals surface area contributed by atoms with Crippen LogP contribution in [0.15, 0.2) is 54.1 Å². The number of fused-ring (bicyclic) bond motifs is 2. The van der Waals surface area contributed by atoms with Crippen LogP contribution >= 0.6 is 11.6 Å². The summed E-state index contributed by atoms with van der Waals surface area (Å²) < 4.78 is 1.95. The van der Waals surface area contributed by atoms with Crippen LogP contribution in [0.25, 0.3) is 11.6 Å². The average molecular weight is 379 g/mol. The Morgan fingerprint density at radius 3 is 2.85 bits per heavy atom. The molecular weight excluding hydrogens is 360 g/mol. The summed E-state index contributed by atoms with van der Waals surface area (Å²) in [6.45, 7) is 4.17. The van der Waals surface area contributed by atoms with Crippen molar-refractivity contribution in [3.63, 3.8) is 0 Å². The zero-order valence-corrected chi connectivity index (χ0v) is 15.9. The first kappa shape index (κ1) is 17.6. The number of rotatable bonds is 4. The molecule has 3 aromatic rings. The van der Waals surface area contributed by atoms with Crippen molar-refractivity contribution in [3.8, 4) is 0 Å². The van der Waals surface area contributed by atoms with E-state index in [0.717, 1.165) is 33.8 Å². The van der Waals surface area contributed by atoms with E-state index in [2.05, 4.69) is 15.1 Å². The molecule has 1 unspecified atom stereocenters. The summed E-state index contributed by atoms with van der Waals surface area (Å²) in [6, 6.07) is 9.71. The maximum Gasteiger partial charge on any atom is 0.143 e. The molecule has 0 bridgehead atoms. The lowest BCUT2D eigenvalue weighted by atomic mass is 9.84. The minimum atomic E-state index is -0.984. The second kappa shape index (κ2) is 6.74. The van der Waals surface area contributed by atoms with E-state index in [-0.39, 0.29) is 0 Å². The number of nitrogens with zero attached hydrogens (tertiary/aromatic N) is 4. The Morgan fingerprint density at radius 2 is 2.11 bits per heavy atom. The summed E-state index contributed by atoms with van der Waals surface area (Å²) in [5.74, 6) is 0.840. The third-order valence-electron chi connectivity index (χ3n) is 5.13. The lowest BCUT2D eigenvalue weighted by Gasteiger charge is -2.27. The third kappa shape index (κ3) is 3.19. The average Bonchev–Trinajstić information content (AvgIpc) is 2.98. The Hall–Kier alpha value is -2.79. The lowest BCUT2D eigenvalue weighted by molar-refractivity contribution is 0.489. The van der Waals surface area contributed by atoms with Crippen molar-refractivity contribution in [2.45, 2.75) is 32.4 Å². The highest BCUT2D eigenvalue weighted by atomic mass is 35.5. The van der Waals surface area contributed by atoms with E-state index in [4.69, 9.17) is 11.6 Å². The van der Waals surface area contributed by atoms with E-state index in [1.165, 1.54) is 0 Å². The van der Waals surface area contributed by atoms with Crippen molar-refractivity contribution in [2.75, 3.05) is 0 Å². The van der Waals surface area contributed by atoms with Crippen molar-refractivity contribution in [1.29, 1.82) is 0 Å². The maximum atomic E-state index is 12.1. The fraction of sp³-hybridized carbons (Fsp3) is 0.238. The number of hydrogen-bond donors (Lipinski definition) is 0. The summed E-state index contributed by atoms with van der Waals surface area (Å²) in [5.41, 5.74) is 3.86. The normalized spacial score (nSPS) is 15.1. The van der Waals surface area contributed by atoms with Gasteiger partial charge in [-0.05, 0) is 60.4 Å². The predicted octanol–water partition coefficient (Wildman–Crippen LogP) is 4.91. The van der Waals surface area contributed by atoms with E-state index in [1.807, 2.05) is 61.0 Å². The highest BCUT2D eigenvalue weighted by molar-refractivity contribution is 6.30. The largest absolute Gasteiger partial charge is 0.332 e. The van der Waals surface area contributed by atoms with Gasteiger partial charge in [-0.15, -0.1) is 4.91 Å². The molecule has 0 amide bonds. The fourth-order valence-electron chi connectivity index (χ4n) is 3.61. The zero-order valence-electron chi connectivity index (χ0n) is 15.2. The molecule has 6 heteroatoms. The monoisotopic (exact) mass is 378 g/mol. The lowest BCUT2D eigenvalue weighted by Crippen LogP contribution is -2.30. The number of imidazole rings is 1. The molecule has 1 aromatic carbocycles. The van der Waals surface area contributed by atoms with Gasteiger partial charge in [-0.3, -0.25) is 4.98 Å². The fourth-order valence-corrected chi connectivity index (χ4v) is 3.78. The minimum Gasteiger partial charge on any atom is -0.332 e. The minimum absolute atomic E-state index is 0.399. The van der Waals surface area contributed by atoms with Crippen LogP contribution in [0.1, 0.15) is 35.1 Å². The number of halogens is 1. The second-order valence-corrected chi connectivity index (χ2v) is 7.48. The van der Waals surface area contributed by atoms with E-state index in [1.54, 1.807) is 12.4 Å². The van der Waals surface area contributed by atoms with Gasteiger partial charge in [0.25, 0.3) is 0 Å². The molecule has 0 radical (unpaired) electrons. The Labute approximate surface area is 162 Å². The Balaban J connectivity index is 1.93.